The third kappa shape index (κ3) is 4.34. The van der Waals surface area contributed by atoms with Crippen LogP contribution >= 0.6 is 0 Å². The zero-order valence-electron chi connectivity index (χ0n) is 22.7. The fourth-order valence-corrected chi connectivity index (χ4v) is 7.63. The maximum Gasteiger partial charge on any atom is 0.354 e. The second kappa shape index (κ2) is 10.8. The first-order valence-electron chi connectivity index (χ1n) is 14.3. The Kier molecular flexibility index (Phi) is 7.33. The van der Waals surface area contributed by atoms with Gasteiger partial charge >= 0.3 is 5.97 Å². The van der Waals surface area contributed by atoms with Gasteiger partial charge < -0.3 is 19.6 Å². The molecule has 0 saturated heterocycles. The average Bonchev–Trinajstić information content (AvgIpc) is 3.54. The minimum Gasteiger partial charge on any atom is -0.500 e. The topological polar surface area (TPSA) is 98.6 Å². The monoisotopic (exact) mass is 728 g/mol. The number of carbonyl (C=O) groups excluding carboxylic acids is 1. The largest absolute Gasteiger partial charge is 0.500 e. The maximum absolute atomic E-state index is 14.3. The summed E-state index contributed by atoms with van der Waals surface area (Å²) in [4.78, 5) is 33.0. The Bertz CT molecular complexity index is 1640. The molecule has 8 rings (SSSR count). The number of carbonyl (C=O) groups is 2. The molecule has 4 aliphatic rings. The van der Waals surface area contributed by atoms with Crippen molar-refractivity contribution in [3.05, 3.63) is 71.7 Å². The summed E-state index contributed by atoms with van der Waals surface area (Å²) in [5, 5.41) is 11.5. The molecule has 4 aromatic rings. The predicted molar refractivity (Wildman–Crippen MR) is 150 cm³/mol. The van der Waals surface area contributed by atoms with E-state index in [2.05, 4.69) is 29.4 Å². The summed E-state index contributed by atoms with van der Waals surface area (Å²) in [7, 11) is 0. The van der Waals surface area contributed by atoms with E-state index in [4.69, 9.17) is 19.6 Å². The number of ether oxygens (including phenoxy) is 2. The van der Waals surface area contributed by atoms with Crippen LogP contribution in [0.25, 0.3) is 21.7 Å². The number of pyridine rings is 2. The summed E-state index contributed by atoms with van der Waals surface area (Å²) in [5.41, 5.74) is 2.94. The Balaban J connectivity index is 0.000000262. The first kappa shape index (κ1) is 27.8. The molecule has 2 aromatic heterocycles. The van der Waals surface area contributed by atoms with Crippen molar-refractivity contribution in [1.82, 2.24) is 9.97 Å². The van der Waals surface area contributed by atoms with Crippen molar-refractivity contribution in [2.75, 3.05) is 6.79 Å². The molecule has 2 aromatic carbocycles. The second-order valence-corrected chi connectivity index (χ2v) is 11.5. The van der Waals surface area contributed by atoms with Gasteiger partial charge in [-0.3, -0.25) is 4.79 Å². The van der Waals surface area contributed by atoms with E-state index < -0.39 is 5.97 Å². The number of carboxylic acids is 1. The Labute approximate surface area is 252 Å². The molecule has 3 aliphatic carbocycles. The number of ketones is 1. The normalized spacial score (nSPS) is 19.5. The SMILES string of the molecule is O=C(O)c1ccccn1.O=C1C2(CCCCC2)c2cnc3c(ccc4cc5c([c-]c43)OCO5)c2C12CCCCC2.[Ir]. The van der Waals surface area contributed by atoms with Crippen molar-refractivity contribution in [2.45, 2.75) is 75.0 Å². The summed E-state index contributed by atoms with van der Waals surface area (Å²) >= 11 is 0. The number of rotatable bonds is 1. The van der Waals surface area contributed by atoms with Crippen molar-refractivity contribution in [3.8, 4) is 11.5 Å². The van der Waals surface area contributed by atoms with Crippen molar-refractivity contribution >= 4 is 33.4 Å². The number of aromatic nitrogens is 2. The van der Waals surface area contributed by atoms with Gasteiger partial charge in [-0.2, -0.15) is 0 Å². The van der Waals surface area contributed by atoms with E-state index >= 15 is 0 Å². The molecule has 0 amide bonds. The summed E-state index contributed by atoms with van der Waals surface area (Å²) in [6.45, 7) is 0.239. The maximum atomic E-state index is 14.3. The van der Waals surface area contributed by atoms with Gasteiger partial charge in [0.2, 0.25) is 6.79 Å². The summed E-state index contributed by atoms with van der Waals surface area (Å²) < 4.78 is 11.2. The van der Waals surface area contributed by atoms with Crippen LogP contribution in [0, 0.1) is 6.07 Å². The van der Waals surface area contributed by atoms with Gasteiger partial charge in [-0.1, -0.05) is 68.9 Å². The van der Waals surface area contributed by atoms with Gasteiger partial charge in [-0.05, 0) is 59.8 Å². The molecule has 1 aliphatic heterocycles. The molecule has 2 fully saturated rings. The van der Waals surface area contributed by atoms with E-state index in [0.717, 1.165) is 78.8 Å². The third-order valence-electron chi connectivity index (χ3n) is 9.40. The smallest absolute Gasteiger partial charge is 0.354 e. The molecule has 1 N–H and O–H groups in total. The first-order valence-corrected chi connectivity index (χ1v) is 14.3. The minimum atomic E-state index is -0.990. The Morgan fingerprint density at radius 1 is 0.902 bits per heavy atom. The molecular formula is C33H31IrN2O5-. The molecule has 7 nitrogen and oxygen atoms in total. The van der Waals surface area contributed by atoms with Crippen LogP contribution in [-0.4, -0.2) is 33.6 Å². The summed E-state index contributed by atoms with van der Waals surface area (Å²) in [5.74, 6) is 0.927. The molecule has 2 spiro atoms. The third-order valence-corrected chi connectivity index (χ3v) is 9.40. The number of benzene rings is 2. The fraction of sp³-hybridized carbons (Fsp3) is 0.394. The molecular weight excluding hydrogens is 697 g/mol. The molecule has 0 unspecified atom stereocenters. The molecule has 2 saturated carbocycles. The van der Waals surface area contributed by atoms with E-state index in [1.54, 1.807) is 12.1 Å². The Morgan fingerprint density at radius 2 is 1.63 bits per heavy atom. The number of fused-ring (bicyclic) bond motifs is 8. The van der Waals surface area contributed by atoms with Gasteiger partial charge in [-0.15, -0.1) is 10.8 Å². The van der Waals surface area contributed by atoms with Crippen LogP contribution in [0.2, 0.25) is 0 Å². The zero-order chi connectivity index (χ0) is 27.3. The van der Waals surface area contributed by atoms with Crippen LogP contribution in [0.4, 0.5) is 0 Å². The molecule has 8 heteroatoms. The van der Waals surface area contributed by atoms with E-state index in [1.807, 2.05) is 6.07 Å². The molecule has 3 heterocycles. The van der Waals surface area contributed by atoms with E-state index in [-0.39, 0.29) is 43.4 Å². The van der Waals surface area contributed by atoms with Crippen LogP contribution in [0.15, 0.2) is 48.8 Å². The number of aromatic carboxylic acids is 1. The number of carboxylic acid groups (broad SMARTS) is 1. The molecule has 0 atom stereocenters. The van der Waals surface area contributed by atoms with Crippen LogP contribution in [-0.2, 0) is 35.7 Å². The van der Waals surface area contributed by atoms with Crippen LogP contribution in [0.3, 0.4) is 0 Å². The Morgan fingerprint density at radius 3 is 2.29 bits per heavy atom. The molecule has 213 valence electrons. The standard InChI is InChI=1S/C27H26NO3.C6H5NO2.Ir/c29-25-26(9-3-1-4-10-26)20-15-28-24-18(23(20)27(25)11-5-2-6-12-27)8-7-17-13-21-22(14-19(17)24)31-16-30-21;8-6(9)5-3-1-2-4-7-5;/h7-8,13,15H,1-6,9-12,16H2;1-4H,(H,8,9);/q-1;;. The van der Waals surface area contributed by atoms with Gasteiger partial charge in [-0.25, -0.2) is 9.78 Å². The zero-order valence-corrected chi connectivity index (χ0v) is 25.1. The van der Waals surface area contributed by atoms with Gasteiger partial charge in [0.15, 0.2) is 5.78 Å². The van der Waals surface area contributed by atoms with Gasteiger partial charge in [0.25, 0.3) is 0 Å². The quantitative estimate of drug-likeness (QED) is 0.173. The first-order chi connectivity index (χ1) is 19.5. The Hall–Kier alpha value is -3.35. The molecule has 41 heavy (non-hydrogen) atoms. The number of nitrogens with zero attached hydrogens (tertiary/aromatic N) is 2. The van der Waals surface area contributed by atoms with Crippen LogP contribution < -0.4 is 9.47 Å². The van der Waals surface area contributed by atoms with Gasteiger partial charge in [0, 0.05) is 32.5 Å². The van der Waals surface area contributed by atoms with Gasteiger partial charge in [0.05, 0.1) is 22.3 Å². The molecule has 1 radical (unpaired) electrons. The van der Waals surface area contributed by atoms with E-state index in [9.17, 15) is 9.59 Å². The van der Waals surface area contributed by atoms with Crippen molar-refractivity contribution in [1.29, 1.82) is 0 Å². The van der Waals surface area contributed by atoms with Crippen molar-refractivity contribution in [2.24, 2.45) is 0 Å². The minimum absolute atomic E-state index is 0. The fourth-order valence-electron chi connectivity index (χ4n) is 7.63. The average molecular weight is 728 g/mol. The summed E-state index contributed by atoms with van der Waals surface area (Å²) in [6.07, 6.45) is 14.5. The number of hydrogen-bond acceptors (Lipinski definition) is 6. The molecule has 0 bridgehead atoms. The van der Waals surface area contributed by atoms with Gasteiger partial charge in [0.1, 0.15) is 5.69 Å². The van der Waals surface area contributed by atoms with Crippen LogP contribution in [0.5, 0.6) is 11.5 Å². The van der Waals surface area contributed by atoms with Crippen LogP contribution in [0.1, 0.15) is 85.8 Å². The second-order valence-electron chi connectivity index (χ2n) is 11.5. The van der Waals surface area contributed by atoms with Crippen molar-refractivity contribution < 1.29 is 44.3 Å². The number of Topliss-reactive ketones (excluding diaryl/α,β-unsaturated/α-hetero) is 1. The summed E-state index contributed by atoms with van der Waals surface area (Å²) in [6, 6.07) is 14.5. The van der Waals surface area contributed by atoms with E-state index in [1.165, 1.54) is 36.2 Å². The van der Waals surface area contributed by atoms with Crippen molar-refractivity contribution in [3.63, 3.8) is 0 Å². The predicted octanol–water partition coefficient (Wildman–Crippen LogP) is 6.68. The van der Waals surface area contributed by atoms with E-state index in [0.29, 0.717) is 11.5 Å². The number of hydrogen-bond donors (Lipinski definition) is 1.